The highest BCUT2D eigenvalue weighted by atomic mass is 32.2. The average Bonchev–Trinajstić information content (AvgIpc) is 2.55. The number of amides is 1. The number of carbonyl (C=O) groups is 1. The molecule has 0 bridgehead atoms. The molecule has 1 N–H and O–H groups in total. The number of ether oxygens (including phenoxy) is 1. The van der Waals surface area contributed by atoms with Crippen molar-refractivity contribution in [2.45, 2.75) is 36.6 Å². The molecule has 1 atom stereocenters. The number of likely N-dealkylation sites (tertiary alicyclic amines) is 1. The molecule has 0 aromatic heterocycles. The number of sulfonamides is 1. The van der Waals surface area contributed by atoms with Crippen molar-refractivity contribution in [3.63, 3.8) is 0 Å². The van der Waals surface area contributed by atoms with E-state index < -0.39 is 10.0 Å². The van der Waals surface area contributed by atoms with Crippen molar-refractivity contribution in [1.29, 1.82) is 0 Å². The summed E-state index contributed by atoms with van der Waals surface area (Å²) < 4.78 is 32.4. The van der Waals surface area contributed by atoms with E-state index in [0.29, 0.717) is 32.5 Å². The normalized spacial score (nSPS) is 18.8. The van der Waals surface area contributed by atoms with Gasteiger partial charge in [-0.3, -0.25) is 4.79 Å². The van der Waals surface area contributed by atoms with Crippen LogP contribution in [0.15, 0.2) is 35.2 Å². The molecule has 0 aliphatic carbocycles. The molecule has 1 amide bonds. The van der Waals surface area contributed by atoms with Gasteiger partial charge >= 0.3 is 0 Å². The van der Waals surface area contributed by atoms with Crippen LogP contribution in [0.2, 0.25) is 0 Å². The van der Waals surface area contributed by atoms with Crippen molar-refractivity contribution in [2.24, 2.45) is 0 Å². The lowest BCUT2D eigenvalue weighted by molar-refractivity contribution is -0.132. The number of benzene rings is 1. The Labute approximate surface area is 137 Å². The SMILES string of the molecule is COCCCC(=O)N1CCC[C@@H](NS(=O)(=O)c2ccccc2)C1. The number of methoxy groups -OCH3 is 1. The van der Waals surface area contributed by atoms with E-state index in [0.717, 1.165) is 12.8 Å². The highest BCUT2D eigenvalue weighted by molar-refractivity contribution is 7.89. The first-order valence-corrected chi connectivity index (χ1v) is 9.35. The molecule has 1 saturated heterocycles. The lowest BCUT2D eigenvalue weighted by atomic mass is 10.1. The van der Waals surface area contributed by atoms with Crippen molar-refractivity contribution in [3.8, 4) is 0 Å². The van der Waals surface area contributed by atoms with E-state index in [1.54, 1.807) is 42.3 Å². The quantitative estimate of drug-likeness (QED) is 0.761. The molecule has 6 nitrogen and oxygen atoms in total. The smallest absolute Gasteiger partial charge is 0.240 e. The Kier molecular flexibility index (Phi) is 6.56. The van der Waals surface area contributed by atoms with Gasteiger partial charge < -0.3 is 9.64 Å². The molecule has 2 rings (SSSR count). The van der Waals surface area contributed by atoms with E-state index in [2.05, 4.69) is 4.72 Å². The highest BCUT2D eigenvalue weighted by Crippen LogP contribution is 2.15. The summed E-state index contributed by atoms with van der Waals surface area (Å²) in [6, 6.07) is 8.07. The fourth-order valence-electron chi connectivity index (χ4n) is 2.71. The van der Waals surface area contributed by atoms with Crippen molar-refractivity contribution in [2.75, 3.05) is 26.8 Å². The Morgan fingerprint density at radius 3 is 2.78 bits per heavy atom. The molecule has 1 heterocycles. The van der Waals surface area contributed by atoms with E-state index in [1.165, 1.54) is 0 Å². The van der Waals surface area contributed by atoms with Crippen molar-refractivity contribution < 1.29 is 17.9 Å². The number of piperidine rings is 1. The number of hydrogen-bond donors (Lipinski definition) is 1. The van der Waals surface area contributed by atoms with Crippen LogP contribution in [-0.2, 0) is 19.6 Å². The first-order chi connectivity index (χ1) is 11.0. The van der Waals surface area contributed by atoms with Gasteiger partial charge in [-0.2, -0.15) is 0 Å². The van der Waals surface area contributed by atoms with E-state index in [1.807, 2.05) is 0 Å². The van der Waals surface area contributed by atoms with Crippen LogP contribution in [0.5, 0.6) is 0 Å². The van der Waals surface area contributed by atoms with Crippen LogP contribution in [0.3, 0.4) is 0 Å². The molecule has 1 fully saturated rings. The third-order valence-electron chi connectivity index (χ3n) is 3.89. The summed E-state index contributed by atoms with van der Waals surface area (Å²) in [6.07, 6.45) is 2.67. The van der Waals surface area contributed by atoms with Crippen molar-refractivity contribution in [3.05, 3.63) is 30.3 Å². The molecule has 23 heavy (non-hydrogen) atoms. The van der Waals surface area contributed by atoms with Gasteiger partial charge in [-0.1, -0.05) is 18.2 Å². The second-order valence-corrected chi connectivity index (χ2v) is 7.42. The average molecular weight is 340 g/mol. The van der Waals surface area contributed by atoms with Crippen LogP contribution in [0, 0.1) is 0 Å². The van der Waals surface area contributed by atoms with Crippen molar-refractivity contribution in [1.82, 2.24) is 9.62 Å². The van der Waals surface area contributed by atoms with Crippen LogP contribution in [-0.4, -0.2) is 52.1 Å². The fraction of sp³-hybridized carbons (Fsp3) is 0.562. The molecular formula is C16H24N2O4S. The van der Waals surface area contributed by atoms with Crippen LogP contribution < -0.4 is 4.72 Å². The summed E-state index contributed by atoms with van der Waals surface area (Å²) in [5, 5.41) is 0. The Bertz CT molecular complexity index is 604. The standard InChI is InChI=1S/C16H24N2O4S/c1-22-12-6-10-16(19)18-11-5-7-14(13-18)17-23(20,21)15-8-3-2-4-9-15/h2-4,8-9,14,17H,5-7,10-13H2,1H3/t14-/m1/s1. The molecule has 0 saturated carbocycles. The molecule has 1 aliphatic heterocycles. The van der Waals surface area contributed by atoms with Crippen LogP contribution >= 0.6 is 0 Å². The number of carbonyl (C=O) groups excluding carboxylic acids is 1. The second-order valence-electron chi connectivity index (χ2n) is 5.71. The van der Waals surface area contributed by atoms with Crippen LogP contribution in [0.4, 0.5) is 0 Å². The minimum atomic E-state index is -3.54. The van der Waals surface area contributed by atoms with Crippen LogP contribution in [0.25, 0.3) is 0 Å². The fourth-order valence-corrected chi connectivity index (χ4v) is 4.00. The maximum Gasteiger partial charge on any atom is 0.240 e. The minimum Gasteiger partial charge on any atom is -0.385 e. The molecule has 1 aromatic rings. The number of hydrogen-bond acceptors (Lipinski definition) is 4. The largest absolute Gasteiger partial charge is 0.385 e. The number of rotatable bonds is 7. The first kappa shape index (κ1) is 17.9. The lowest BCUT2D eigenvalue weighted by Crippen LogP contribution is -2.49. The molecule has 128 valence electrons. The zero-order chi connectivity index (χ0) is 16.7. The maximum atomic E-state index is 12.4. The summed E-state index contributed by atoms with van der Waals surface area (Å²) in [5.74, 6) is 0.0608. The predicted molar refractivity (Wildman–Crippen MR) is 87.5 cm³/mol. The Balaban J connectivity index is 1.92. The first-order valence-electron chi connectivity index (χ1n) is 7.87. The summed E-state index contributed by atoms with van der Waals surface area (Å²) in [4.78, 5) is 14.1. The van der Waals surface area contributed by atoms with Gasteiger partial charge in [-0.15, -0.1) is 0 Å². The zero-order valence-corrected chi connectivity index (χ0v) is 14.2. The molecule has 0 radical (unpaired) electrons. The summed E-state index contributed by atoms with van der Waals surface area (Å²) >= 11 is 0. The van der Waals surface area contributed by atoms with Gasteiger partial charge in [0.15, 0.2) is 0 Å². The Hall–Kier alpha value is -1.44. The van der Waals surface area contributed by atoms with Gasteiger partial charge in [-0.25, -0.2) is 13.1 Å². The number of nitrogens with one attached hydrogen (secondary N) is 1. The summed E-state index contributed by atoms with van der Waals surface area (Å²) in [6.45, 7) is 1.68. The maximum absolute atomic E-state index is 12.4. The summed E-state index contributed by atoms with van der Waals surface area (Å²) in [5.41, 5.74) is 0. The lowest BCUT2D eigenvalue weighted by Gasteiger charge is -2.33. The van der Waals surface area contributed by atoms with Gasteiger partial charge in [0.2, 0.25) is 15.9 Å². The monoisotopic (exact) mass is 340 g/mol. The van der Waals surface area contributed by atoms with Gasteiger partial charge in [0.1, 0.15) is 0 Å². The highest BCUT2D eigenvalue weighted by Gasteiger charge is 2.27. The van der Waals surface area contributed by atoms with E-state index in [-0.39, 0.29) is 16.8 Å². The van der Waals surface area contributed by atoms with Gasteiger partial charge in [0.05, 0.1) is 4.90 Å². The second kappa shape index (κ2) is 8.42. The van der Waals surface area contributed by atoms with Crippen LogP contribution in [0.1, 0.15) is 25.7 Å². The molecular weight excluding hydrogens is 316 g/mol. The van der Waals surface area contributed by atoms with E-state index >= 15 is 0 Å². The van der Waals surface area contributed by atoms with Gasteiger partial charge in [-0.05, 0) is 31.4 Å². The van der Waals surface area contributed by atoms with Gasteiger partial charge in [0.25, 0.3) is 0 Å². The topological polar surface area (TPSA) is 75.7 Å². The Morgan fingerprint density at radius 1 is 1.35 bits per heavy atom. The molecule has 1 aromatic carbocycles. The predicted octanol–water partition coefficient (Wildman–Crippen LogP) is 1.38. The van der Waals surface area contributed by atoms with Crippen molar-refractivity contribution >= 4 is 15.9 Å². The Morgan fingerprint density at radius 2 is 2.09 bits per heavy atom. The van der Waals surface area contributed by atoms with E-state index in [4.69, 9.17) is 4.74 Å². The van der Waals surface area contributed by atoms with Gasteiger partial charge in [0, 0.05) is 39.3 Å². The number of nitrogens with zero attached hydrogens (tertiary/aromatic N) is 1. The van der Waals surface area contributed by atoms with E-state index in [9.17, 15) is 13.2 Å². The molecule has 7 heteroatoms. The molecule has 0 unspecified atom stereocenters. The third kappa shape index (κ3) is 5.30. The summed E-state index contributed by atoms with van der Waals surface area (Å²) in [7, 11) is -1.93. The third-order valence-corrected chi connectivity index (χ3v) is 5.42. The minimum absolute atomic E-state index is 0.0608. The molecule has 0 spiro atoms. The molecule has 1 aliphatic rings. The zero-order valence-electron chi connectivity index (χ0n) is 13.4.